The van der Waals surface area contributed by atoms with Crippen LogP contribution in [0.15, 0.2) is 30.5 Å². The molecule has 0 radical (unpaired) electrons. The smallest absolute Gasteiger partial charge is 0.251 e. The highest BCUT2D eigenvalue weighted by molar-refractivity contribution is 5.99. The SMILES string of the molecule is COCCNC(=O)CNC(=O)c1ccc2[nH]ccc2c1. The first-order chi connectivity index (χ1) is 9.70. The van der Waals surface area contributed by atoms with Gasteiger partial charge in [-0.1, -0.05) is 0 Å². The Bertz CT molecular complexity index is 606. The first-order valence-electron chi connectivity index (χ1n) is 6.31. The lowest BCUT2D eigenvalue weighted by molar-refractivity contribution is -0.120. The van der Waals surface area contributed by atoms with Crippen LogP contribution in [0.1, 0.15) is 10.4 Å². The van der Waals surface area contributed by atoms with Gasteiger partial charge in [-0.05, 0) is 24.3 Å². The first kappa shape index (κ1) is 14.1. The van der Waals surface area contributed by atoms with E-state index >= 15 is 0 Å². The quantitative estimate of drug-likeness (QED) is 0.677. The molecule has 2 aromatic rings. The predicted molar refractivity (Wildman–Crippen MR) is 75.5 cm³/mol. The molecule has 0 aliphatic rings. The molecule has 0 bridgehead atoms. The standard InChI is InChI=1S/C14H17N3O3/c1-20-7-6-16-13(18)9-17-14(19)11-2-3-12-10(8-11)4-5-15-12/h2-5,8,15H,6-7,9H2,1H3,(H,16,18)(H,17,19). The van der Waals surface area contributed by atoms with Gasteiger partial charge >= 0.3 is 0 Å². The van der Waals surface area contributed by atoms with Crippen molar-refractivity contribution in [3.63, 3.8) is 0 Å². The number of nitrogens with one attached hydrogen (secondary N) is 3. The van der Waals surface area contributed by atoms with Gasteiger partial charge in [-0.25, -0.2) is 0 Å². The van der Waals surface area contributed by atoms with Crippen LogP contribution in [0, 0.1) is 0 Å². The lowest BCUT2D eigenvalue weighted by atomic mass is 10.1. The minimum Gasteiger partial charge on any atom is -0.383 e. The van der Waals surface area contributed by atoms with E-state index in [2.05, 4.69) is 15.6 Å². The Labute approximate surface area is 116 Å². The highest BCUT2D eigenvalue weighted by Gasteiger charge is 2.08. The largest absolute Gasteiger partial charge is 0.383 e. The molecule has 2 amide bonds. The second kappa shape index (κ2) is 6.72. The van der Waals surface area contributed by atoms with E-state index in [0.717, 1.165) is 10.9 Å². The number of aromatic amines is 1. The van der Waals surface area contributed by atoms with Crippen LogP contribution < -0.4 is 10.6 Å². The van der Waals surface area contributed by atoms with E-state index < -0.39 is 0 Å². The van der Waals surface area contributed by atoms with Gasteiger partial charge in [0.15, 0.2) is 0 Å². The van der Waals surface area contributed by atoms with Crippen molar-refractivity contribution in [3.05, 3.63) is 36.0 Å². The summed E-state index contributed by atoms with van der Waals surface area (Å²) >= 11 is 0. The third kappa shape index (κ3) is 3.58. The molecule has 0 saturated carbocycles. The maximum atomic E-state index is 11.9. The molecule has 0 aliphatic heterocycles. The molecule has 0 spiro atoms. The lowest BCUT2D eigenvalue weighted by Gasteiger charge is -2.06. The Morgan fingerprint density at radius 1 is 1.25 bits per heavy atom. The molecule has 20 heavy (non-hydrogen) atoms. The summed E-state index contributed by atoms with van der Waals surface area (Å²) in [5, 5.41) is 6.17. The zero-order chi connectivity index (χ0) is 14.4. The van der Waals surface area contributed by atoms with E-state index in [1.807, 2.05) is 18.3 Å². The molecular formula is C14H17N3O3. The van der Waals surface area contributed by atoms with Crippen molar-refractivity contribution in [3.8, 4) is 0 Å². The van der Waals surface area contributed by atoms with E-state index in [-0.39, 0.29) is 18.4 Å². The summed E-state index contributed by atoms with van der Waals surface area (Å²) < 4.78 is 4.82. The predicted octanol–water partition coefficient (Wildman–Crippen LogP) is 0.660. The molecule has 6 nitrogen and oxygen atoms in total. The van der Waals surface area contributed by atoms with Gasteiger partial charge in [-0.3, -0.25) is 9.59 Å². The molecule has 1 aromatic heterocycles. The van der Waals surface area contributed by atoms with Crippen molar-refractivity contribution in [2.24, 2.45) is 0 Å². The maximum Gasteiger partial charge on any atom is 0.251 e. The van der Waals surface area contributed by atoms with E-state index in [4.69, 9.17) is 4.74 Å². The minimum absolute atomic E-state index is 0.0479. The number of ether oxygens (including phenoxy) is 1. The van der Waals surface area contributed by atoms with Crippen LogP contribution in [-0.4, -0.2) is 43.6 Å². The third-order valence-electron chi connectivity index (χ3n) is 2.85. The summed E-state index contributed by atoms with van der Waals surface area (Å²) in [7, 11) is 1.56. The molecule has 1 heterocycles. The molecule has 0 unspecified atom stereocenters. The second-order valence-corrected chi connectivity index (χ2v) is 4.31. The van der Waals surface area contributed by atoms with Crippen LogP contribution in [0.2, 0.25) is 0 Å². The summed E-state index contributed by atoms with van der Waals surface area (Å²) in [5.41, 5.74) is 1.50. The number of benzene rings is 1. The Kier molecular flexibility index (Phi) is 4.73. The summed E-state index contributed by atoms with van der Waals surface area (Å²) in [5.74, 6) is -0.506. The Morgan fingerprint density at radius 2 is 2.10 bits per heavy atom. The summed E-state index contributed by atoms with van der Waals surface area (Å²) in [6.07, 6.45) is 1.82. The van der Waals surface area contributed by atoms with Crippen molar-refractivity contribution in [1.82, 2.24) is 15.6 Å². The van der Waals surface area contributed by atoms with Gasteiger partial charge in [0.2, 0.25) is 5.91 Å². The molecule has 0 atom stereocenters. The third-order valence-corrected chi connectivity index (χ3v) is 2.85. The van der Waals surface area contributed by atoms with Crippen LogP contribution in [0.4, 0.5) is 0 Å². The normalized spacial score (nSPS) is 10.4. The second-order valence-electron chi connectivity index (χ2n) is 4.31. The van der Waals surface area contributed by atoms with Gasteiger partial charge in [0.1, 0.15) is 0 Å². The first-order valence-corrected chi connectivity index (χ1v) is 6.31. The number of amides is 2. The highest BCUT2D eigenvalue weighted by atomic mass is 16.5. The maximum absolute atomic E-state index is 11.9. The summed E-state index contributed by atoms with van der Waals surface area (Å²) in [6.45, 7) is 0.831. The molecule has 1 aromatic carbocycles. The molecule has 0 fully saturated rings. The van der Waals surface area contributed by atoms with Crippen molar-refractivity contribution in [2.45, 2.75) is 0 Å². The minimum atomic E-state index is -0.269. The fraction of sp³-hybridized carbons (Fsp3) is 0.286. The van der Waals surface area contributed by atoms with Crippen LogP contribution in [-0.2, 0) is 9.53 Å². The van der Waals surface area contributed by atoms with E-state index in [9.17, 15) is 9.59 Å². The van der Waals surface area contributed by atoms with Crippen molar-refractivity contribution in [2.75, 3.05) is 26.8 Å². The molecule has 0 saturated heterocycles. The number of aromatic nitrogens is 1. The number of carbonyl (C=O) groups is 2. The number of carbonyl (C=O) groups excluding carboxylic acids is 2. The van der Waals surface area contributed by atoms with Gasteiger partial charge in [-0.15, -0.1) is 0 Å². The van der Waals surface area contributed by atoms with Gasteiger partial charge in [0.05, 0.1) is 13.2 Å². The summed E-state index contributed by atoms with van der Waals surface area (Å²) in [4.78, 5) is 26.4. The fourth-order valence-electron chi connectivity index (χ4n) is 1.81. The van der Waals surface area contributed by atoms with Crippen LogP contribution in [0.3, 0.4) is 0 Å². The monoisotopic (exact) mass is 275 g/mol. The Balaban J connectivity index is 1.86. The molecule has 106 valence electrons. The zero-order valence-corrected chi connectivity index (χ0v) is 11.2. The molecule has 0 aliphatic carbocycles. The number of rotatable bonds is 6. The lowest BCUT2D eigenvalue weighted by Crippen LogP contribution is -2.38. The summed E-state index contributed by atoms with van der Waals surface area (Å²) in [6, 6.07) is 7.23. The molecular weight excluding hydrogens is 258 g/mol. The number of fused-ring (bicyclic) bond motifs is 1. The zero-order valence-electron chi connectivity index (χ0n) is 11.2. The Hall–Kier alpha value is -2.34. The Morgan fingerprint density at radius 3 is 2.90 bits per heavy atom. The van der Waals surface area contributed by atoms with E-state index in [0.29, 0.717) is 18.7 Å². The number of methoxy groups -OCH3 is 1. The number of hydrogen-bond acceptors (Lipinski definition) is 3. The average Bonchev–Trinajstić information content (AvgIpc) is 2.92. The van der Waals surface area contributed by atoms with Crippen LogP contribution >= 0.6 is 0 Å². The van der Waals surface area contributed by atoms with E-state index in [1.54, 1.807) is 19.2 Å². The van der Waals surface area contributed by atoms with Crippen molar-refractivity contribution < 1.29 is 14.3 Å². The topological polar surface area (TPSA) is 83.2 Å². The fourth-order valence-corrected chi connectivity index (χ4v) is 1.81. The number of H-pyrrole nitrogens is 1. The van der Waals surface area contributed by atoms with Crippen molar-refractivity contribution in [1.29, 1.82) is 0 Å². The molecule has 2 rings (SSSR count). The van der Waals surface area contributed by atoms with Gasteiger partial charge in [-0.2, -0.15) is 0 Å². The van der Waals surface area contributed by atoms with Crippen LogP contribution in [0.25, 0.3) is 10.9 Å². The average molecular weight is 275 g/mol. The number of hydrogen-bond donors (Lipinski definition) is 3. The van der Waals surface area contributed by atoms with Gasteiger partial charge < -0.3 is 20.4 Å². The van der Waals surface area contributed by atoms with E-state index in [1.165, 1.54) is 0 Å². The molecule has 3 N–H and O–H groups in total. The highest BCUT2D eigenvalue weighted by Crippen LogP contribution is 2.13. The molecule has 6 heteroatoms. The van der Waals surface area contributed by atoms with Crippen LogP contribution in [0.5, 0.6) is 0 Å². The van der Waals surface area contributed by atoms with Crippen molar-refractivity contribution >= 4 is 22.7 Å². The van der Waals surface area contributed by atoms with Gasteiger partial charge in [0.25, 0.3) is 5.91 Å². The van der Waals surface area contributed by atoms with Gasteiger partial charge in [0, 0.05) is 36.3 Å².